The number of hydrogen-bond donors (Lipinski definition) is 1. The number of nitrogens with one attached hydrogen (secondary N) is 1. The molecule has 6 rings (SSSR count). The Morgan fingerprint density at radius 2 is 1.80 bits per heavy atom. The van der Waals surface area contributed by atoms with Crippen molar-refractivity contribution in [1.29, 1.82) is 0 Å². The summed E-state index contributed by atoms with van der Waals surface area (Å²) in [4.78, 5) is 58.7. The summed E-state index contributed by atoms with van der Waals surface area (Å²) in [6.07, 6.45) is 1.43. The summed E-state index contributed by atoms with van der Waals surface area (Å²) in [5.41, 5.74) is 1.26. The highest BCUT2D eigenvalue weighted by atomic mass is 32.1. The smallest absolute Gasteiger partial charge is 0.269 e. The molecule has 2 aliphatic heterocycles. The lowest BCUT2D eigenvalue weighted by molar-refractivity contribution is -0.385. The second-order valence-corrected chi connectivity index (χ2v) is 12.1. The van der Waals surface area contributed by atoms with E-state index in [1.807, 2.05) is 18.4 Å². The first-order chi connectivity index (χ1) is 19.8. The number of nitrogens with zero attached hydrogens (tertiary/aromatic N) is 3. The van der Waals surface area contributed by atoms with Gasteiger partial charge in [0.15, 0.2) is 5.76 Å². The maximum absolute atomic E-state index is 14.5. The third kappa shape index (κ3) is 4.97. The van der Waals surface area contributed by atoms with Crippen LogP contribution >= 0.6 is 11.3 Å². The molecule has 41 heavy (non-hydrogen) atoms. The predicted molar refractivity (Wildman–Crippen MR) is 152 cm³/mol. The Morgan fingerprint density at radius 3 is 2.41 bits per heavy atom. The van der Waals surface area contributed by atoms with Gasteiger partial charge < -0.3 is 19.5 Å². The number of amides is 2. The highest BCUT2D eigenvalue weighted by Gasteiger charge is 2.60. The van der Waals surface area contributed by atoms with E-state index in [2.05, 4.69) is 5.32 Å². The molecule has 11 heteroatoms. The molecular formula is C30H32N4O6S. The number of nitro groups is 1. The minimum Gasteiger partial charge on any atom is -0.458 e. The van der Waals surface area contributed by atoms with Crippen LogP contribution in [0, 0.1) is 35.8 Å². The summed E-state index contributed by atoms with van der Waals surface area (Å²) in [6, 6.07) is 9.59. The van der Waals surface area contributed by atoms with Gasteiger partial charge in [-0.05, 0) is 61.4 Å². The van der Waals surface area contributed by atoms with Gasteiger partial charge >= 0.3 is 0 Å². The van der Waals surface area contributed by atoms with Crippen molar-refractivity contribution in [3.63, 3.8) is 0 Å². The van der Waals surface area contributed by atoms with E-state index in [0.717, 1.165) is 10.4 Å². The zero-order valence-electron chi connectivity index (χ0n) is 22.9. The Bertz CT molecular complexity index is 1500. The number of likely N-dealkylation sites (tertiary alicyclic amines) is 1. The normalized spacial score (nSPS) is 24.4. The van der Waals surface area contributed by atoms with E-state index in [4.69, 9.17) is 4.42 Å². The summed E-state index contributed by atoms with van der Waals surface area (Å²) >= 11 is 1.47. The van der Waals surface area contributed by atoms with Gasteiger partial charge in [-0.15, -0.1) is 11.3 Å². The predicted octanol–water partition coefficient (Wildman–Crippen LogP) is 4.24. The molecule has 2 amide bonds. The van der Waals surface area contributed by atoms with Gasteiger partial charge in [0.05, 0.1) is 16.9 Å². The number of hydrogen-bond acceptors (Lipinski definition) is 8. The fourth-order valence-corrected chi connectivity index (χ4v) is 7.44. The van der Waals surface area contributed by atoms with Crippen LogP contribution in [0.15, 0.2) is 52.3 Å². The first-order valence-electron chi connectivity index (χ1n) is 14.0. The number of furan rings is 1. The summed E-state index contributed by atoms with van der Waals surface area (Å²) in [5, 5.41) is 17.0. The van der Waals surface area contributed by atoms with Crippen LogP contribution in [-0.4, -0.2) is 64.5 Å². The van der Waals surface area contributed by atoms with Crippen molar-refractivity contribution in [2.45, 2.75) is 44.7 Å². The molecule has 4 atom stereocenters. The number of carbonyl (C=O) groups excluding carboxylic acids is 3. The van der Waals surface area contributed by atoms with Crippen LogP contribution in [0.3, 0.4) is 0 Å². The van der Waals surface area contributed by atoms with Crippen LogP contribution in [0.5, 0.6) is 0 Å². The van der Waals surface area contributed by atoms with Crippen molar-refractivity contribution in [2.75, 3.05) is 26.2 Å². The lowest BCUT2D eigenvalue weighted by Gasteiger charge is -2.36. The molecule has 0 bridgehead atoms. The highest BCUT2D eigenvalue weighted by molar-refractivity contribution is 7.10. The third-order valence-electron chi connectivity index (χ3n) is 8.44. The zero-order chi connectivity index (χ0) is 28.8. The summed E-state index contributed by atoms with van der Waals surface area (Å²) in [6.45, 7) is 5.97. The fourth-order valence-electron chi connectivity index (χ4n) is 6.33. The quantitative estimate of drug-likeness (QED) is 0.253. The second-order valence-electron chi connectivity index (χ2n) is 11.1. The molecule has 4 heterocycles. The van der Waals surface area contributed by atoms with E-state index in [0.29, 0.717) is 50.3 Å². The van der Waals surface area contributed by atoms with Crippen molar-refractivity contribution < 1.29 is 23.7 Å². The molecule has 4 unspecified atom stereocenters. The van der Waals surface area contributed by atoms with E-state index < -0.39 is 28.8 Å². The second kappa shape index (κ2) is 10.9. The van der Waals surface area contributed by atoms with Crippen molar-refractivity contribution in [1.82, 2.24) is 15.1 Å². The van der Waals surface area contributed by atoms with E-state index in [9.17, 15) is 24.5 Å². The largest absolute Gasteiger partial charge is 0.458 e. The summed E-state index contributed by atoms with van der Waals surface area (Å²) in [7, 11) is 0. The molecule has 1 aromatic carbocycles. The number of benzene rings is 1. The van der Waals surface area contributed by atoms with Crippen LogP contribution in [0.2, 0.25) is 0 Å². The minimum absolute atomic E-state index is 0.137. The first kappa shape index (κ1) is 27.3. The topological polar surface area (TPSA) is 126 Å². The Balaban J connectivity index is 1.59. The van der Waals surface area contributed by atoms with E-state index in [1.165, 1.54) is 23.5 Å². The Morgan fingerprint density at radius 1 is 1.05 bits per heavy atom. The Kier molecular flexibility index (Phi) is 7.25. The number of carbonyl (C=O) groups is 3. The van der Waals surface area contributed by atoms with Gasteiger partial charge in [0, 0.05) is 55.0 Å². The Labute approximate surface area is 241 Å². The molecule has 1 aliphatic carbocycles. The number of piperazine rings is 1. The average molecular weight is 577 g/mol. The van der Waals surface area contributed by atoms with Crippen molar-refractivity contribution >= 4 is 34.6 Å². The maximum atomic E-state index is 14.5. The standard InChI is InChI=1S/C30H32N4O6S/c1-17-10-15-41-28(17)24-23(27(35)22-9-6-18(2)40-22)25(20-4-3-5-21(16-20)34(38)39)33(29(36)19-7-8-19)26(24)30(37)32-13-11-31-12-14-32/h3-6,9-10,15-16,19,23-26,31H,7-8,11-14H2,1-2H3. The zero-order valence-corrected chi connectivity index (χ0v) is 23.8. The molecule has 3 aromatic rings. The van der Waals surface area contributed by atoms with E-state index in [-0.39, 0.29) is 35.0 Å². The van der Waals surface area contributed by atoms with Crippen LogP contribution in [0.4, 0.5) is 5.69 Å². The van der Waals surface area contributed by atoms with Crippen LogP contribution < -0.4 is 5.32 Å². The molecule has 1 N–H and O–H groups in total. The number of Topliss-reactive ketones (excluding diaryl/α,β-unsaturated/α-hetero) is 1. The molecular weight excluding hydrogens is 544 g/mol. The third-order valence-corrected chi connectivity index (χ3v) is 9.56. The van der Waals surface area contributed by atoms with E-state index >= 15 is 0 Å². The molecule has 214 valence electrons. The maximum Gasteiger partial charge on any atom is 0.269 e. The van der Waals surface area contributed by atoms with Crippen LogP contribution in [0.1, 0.15) is 57.1 Å². The number of nitro benzene ring substituents is 1. The van der Waals surface area contributed by atoms with Gasteiger partial charge in [-0.3, -0.25) is 24.5 Å². The van der Waals surface area contributed by atoms with Gasteiger partial charge in [-0.1, -0.05) is 12.1 Å². The minimum atomic E-state index is -0.937. The molecule has 3 fully saturated rings. The van der Waals surface area contributed by atoms with Gasteiger partial charge in [0.25, 0.3) is 5.69 Å². The van der Waals surface area contributed by atoms with Gasteiger partial charge in [0.2, 0.25) is 17.6 Å². The number of aryl methyl sites for hydroxylation is 2. The van der Waals surface area contributed by atoms with Gasteiger partial charge in [0.1, 0.15) is 11.8 Å². The average Bonchev–Trinajstić information content (AvgIpc) is 3.45. The highest BCUT2D eigenvalue weighted by Crippen LogP contribution is 2.55. The molecule has 2 saturated heterocycles. The van der Waals surface area contributed by atoms with Crippen LogP contribution in [-0.2, 0) is 9.59 Å². The lowest BCUT2D eigenvalue weighted by Crippen LogP contribution is -2.55. The lowest BCUT2D eigenvalue weighted by atomic mass is 9.78. The van der Waals surface area contributed by atoms with Crippen LogP contribution in [0.25, 0.3) is 0 Å². The van der Waals surface area contributed by atoms with Gasteiger partial charge in [-0.2, -0.15) is 0 Å². The van der Waals surface area contributed by atoms with Crippen molar-refractivity contribution in [2.24, 2.45) is 11.8 Å². The SMILES string of the molecule is Cc1ccc(C(=O)C2C(c3sccc3C)C(C(=O)N3CCNCC3)N(C(=O)C3CC3)C2c2cccc([N+](=O)[O-])c2)o1. The fraction of sp³-hybridized carbons (Fsp3) is 0.433. The molecule has 3 aliphatic rings. The number of ketones is 1. The number of non-ortho nitro benzene ring substituents is 1. The Hall–Kier alpha value is -3.83. The van der Waals surface area contributed by atoms with E-state index in [1.54, 1.807) is 41.0 Å². The molecule has 2 aromatic heterocycles. The monoisotopic (exact) mass is 576 g/mol. The van der Waals surface area contributed by atoms with Crippen molar-refractivity contribution in [3.05, 3.63) is 85.5 Å². The van der Waals surface area contributed by atoms with Crippen molar-refractivity contribution in [3.8, 4) is 0 Å². The molecule has 0 spiro atoms. The number of rotatable bonds is 7. The molecule has 0 radical (unpaired) electrons. The first-order valence-corrected chi connectivity index (χ1v) is 14.8. The molecule has 10 nitrogen and oxygen atoms in total. The molecule has 1 saturated carbocycles. The van der Waals surface area contributed by atoms with Gasteiger partial charge in [-0.25, -0.2) is 0 Å². The number of thiophene rings is 1. The summed E-state index contributed by atoms with van der Waals surface area (Å²) < 4.78 is 5.81. The summed E-state index contributed by atoms with van der Waals surface area (Å²) in [5.74, 6) is -1.75.